The van der Waals surface area contributed by atoms with Gasteiger partial charge in [-0.05, 0) is 24.3 Å². The quantitative estimate of drug-likeness (QED) is 0.314. The van der Waals surface area contributed by atoms with Crippen molar-refractivity contribution in [2.24, 2.45) is 4.99 Å². The number of para-hydroxylation sites is 1. The van der Waals surface area contributed by atoms with Gasteiger partial charge in [0, 0.05) is 15.6 Å². The average molecular weight is 460 g/mol. The molecular weight excluding hydrogens is 446 g/mol. The Kier molecular flexibility index (Phi) is 5.50. The maximum atomic E-state index is 13.3. The Morgan fingerprint density at radius 3 is 2.03 bits per heavy atom. The third-order valence-electron chi connectivity index (χ3n) is 4.42. The van der Waals surface area contributed by atoms with Crippen LogP contribution in [0.3, 0.4) is 0 Å². The first-order valence-corrected chi connectivity index (χ1v) is 9.84. The molecule has 0 saturated carbocycles. The summed E-state index contributed by atoms with van der Waals surface area (Å²) in [6, 6.07) is 23.7. The number of aliphatic imine (C=N–C) groups is 1. The molecule has 0 fully saturated rings. The number of benzene rings is 3. The summed E-state index contributed by atoms with van der Waals surface area (Å²) in [5.74, 6) is -2.27. The van der Waals surface area contributed by atoms with Gasteiger partial charge in [0.05, 0.1) is 5.69 Å². The highest BCUT2D eigenvalue weighted by molar-refractivity contribution is 9.10. The van der Waals surface area contributed by atoms with E-state index in [1.54, 1.807) is 84.9 Å². The Hall–Kier alpha value is -3.64. The molecule has 0 bridgehead atoms. The molecule has 6 heteroatoms. The van der Waals surface area contributed by atoms with E-state index in [1.807, 2.05) is 0 Å². The summed E-state index contributed by atoms with van der Waals surface area (Å²) in [5, 5.41) is 0. The number of nitrogens with zero attached hydrogens (tertiary/aromatic N) is 1. The highest BCUT2D eigenvalue weighted by Gasteiger charge is 2.39. The molecule has 5 nitrogen and oxygen atoms in total. The van der Waals surface area contributed by atoms with Crippen LogP contribution in [0.2, 0.25) is 0 Å². The standard InChI is InChI=1S/C24H14BrNO4/c25-17-13-11-16(12-14-17)23-19(21(27)15-7-3-1-4-8-15)22(28)20(24(29)30-23)26-18-9-5-2-6-10-18/h1-14H. The van der Waals surface area contributed by atoms with Crippen molar-refractivity contribution in [3.05, 3.63) is 106 Å². The summed E-state index contributed by atoms with van der Waals surface area (Å²) >= 11 is 3.34. The predicted octanol–water partition coefficient (Wildman–Crippen LogP) is 4.94. The van der Waals surface area contributed by atoms with E-state index in [4.69, 9.17) is 4.74 Å². The van der Waals surface area contributed by atoms with E-state index in [2.05, 4.69) is 20.9 Å². The van der Waals surface area contributed by atoms with Gasteiger partial charge in [-0.2, -0.15) is 0 Å². The fourth-order valence-corrected chi connectivity index (χ4v) is 3.24. The Labute approximate surface area is 180 Å². The lowest BCUT2D eigenvalue weighted by Crippen LogP contribution is -2.35. The lowest BCUT2D eigenvalue weighted by Gasteiger charge is -2.20. The van der Waals surface area contributed by atoms with Crippen LogP contribution in [0.25, 0.3) is 5.76 Å². The minimum atomic E-state index is -0.897. The largest absolute Gasteiger partial charge is 0.420 e. The zero-order valence-corrected chi connectivity index (χ0v) is 17.1. The Morgan fingerprint density at radius 1 is 0.800 bits per heavy atom. The van der Waals surface area contributed by atoms with Gasteiger partial charge < -0.3 is 4.74 Å². The predicted molar refractivity (Wildman–Crippen MR) is 116 cm³/mol. The van der Waals surface area contributed by atoms with Gasteiger partial charge in [-0.15, -0.1) is 0 Å². The number of esters is 1. The van der Waals surface area contributed by atoms with Crippen molar-refractivity contribution in [1.82, 2.24) is 0 Å². The first-order valence-electron chi connectivity index (χ1n) is 9.05. The summed E-state index contributed by atoms with van der Waals surface area (Å²) in [6.07, 6.45) is 0. The van der Waals surface area contributed by atoms with Crippen LogP contribution in [-0.4, -0.2) is 23.2 Å². The molecule has 4 rings (SSSR count). The Morgan fingerprint density at radius 2 is 1.40 bits per heavy atom. The molecule has 0 aliphatic carbocycles. The number of hydrogen-bond donors (Lipinski definition) is 0. The van der Waals surface area contributed by atoms with Gasteiger partial charge in [-0.25, -0.2) is 9.79 Å². The maximum Gasteiger partial charge on any atom is 0.366 e. The minimum absolute atomic E-state index is 0.0710. The van der Waals surface area contributed by atoms with Crippen LogP contribution < -0.4 is 0 Å². The molecule has 0 N–H and O–H groups in total. The first-order chi connectivity index (χ1) is 14.5. The van der Waals surface area contributed by atoms with Gasteiger partial charge in [0.1, 0.15) is 5.57 Å². The molecule has 1 heterocycles. The molecule has 3 aromatic rings. The van der Waals surface area contributed by atoms with E-state index in [0.29, 0.717) is 16.8 Å². The normalized spacial score (nSPS) is 15.3. The lowest BCUT2D eigenvalue weighted by atomic mass is 9.92. The zero-order valence-electron chi connectivity index (χ0n) is 15.5. The number of ketones is 2. The van der Waals surface area contributed by atoms with Gasteiger partial charge in [0.2, 0.25) is 11.6 Å². The summed E-state index contributed by atoms with van der Waals surface area (Å²) in [5.41, 5.74) is 0.515. The van der Waals surface area contributed by atoms with E-state index in [1.165, 1.54) is 0 Å². The molecule has 0 saturated heterocycles. The van der Waals surface area contributed by atoms with Gasteiger partial charge in [-0.3, -0.25) is 9.59 Å². The van der Waals surface area contributed by atoms with Crippen molar-refractivity contribution < 1.29 is 19.1 Å². The molecule has 0 atom stereocenters. The van der Waals surface area contributed by atoms with Crippen molar-refractivity contribution >= 4 is 50.6 Å². The Bertz CT molecular complexity index is 1200. The summed E-state index contributed by atoms with van der Waals surface area (Å²) in [6.45, 7) is 0. The second kappa shape index (κ2) is 8.39. The molecule has 0 radical (unpaired) electrons. The number of carbonyl (C=O) groups excluding carboxylic acids is 3. The second-order valence-electron chi connectivity index (χ2n) is 6.42. The van der Waals surface area contributed by atoms with Crippen LogP contribution >= 0.6 is 15.9 Å². The van der Waals surface area contributed by atoms with E-state index >= 15 is 0 Å². The molecule has 0 amide bonds. The smallest absolute Gasteiger partial charge is 0.366 e. The zero-order chi connectivity index (χ0) is 21.1. The number of ether oxygens (including phenoxy) is 1. The van der Waals surface area contributed by atoms with Crippen molar-refractivity contribution in [2.45, 2.75) is 0 Å². The van der Waals surface area contributed by atoms with Crippen LogP contribution in [0.5, 0.6) is 0 Å². The van der Waals surface area contributed by atoms with Crippen LogP contribution in [-0.2, 0) is 14.3 Å². The number of hydrogen-bond acceptors (Lipinski definition) is 5. The van der Waals surface area contributed by atoms with Crippen molar-refractivity contribution in [2.75, 3.05) is 0 Å². The molecule has 146 valence electrons. The molecular formula is C24H14BrNO4. The van der Waals surface area contributed by atoms with Crippen molar-refractivity contribution in [3.8, 4) is 0 Å². The lowest BCUT2D eigenvalue weighted by molar-refractivity contribution is -0.130. The van der Waals surface area contributed by atoms with Gasteiger partial charge in [-0.1, -0.05) is 76.6 Å². The van der Waals surface area contributed by atoms with E-state index in [-0.39, 0.29) is 11.3 Å². The third kappa shape index (κ3) is 3.90. The van der Waals surface area contributed by atoms with Crippen molar-refractivity contribution in [3.63, 3.8) is 0 Å². The topological polar surface area (TPSA) is 72.8 Å². The molecule has 1 aliphatic rings. The summed E-state index contributed by atoms with van der Waals surface area (Å²) in [4.78, 5) is 43.3. The van der Waals surface area contributed by atoms with Crippen LogP contribution in [0.4, 0.5) is 5.69 Å². The molecule has 0 spiro atoms. The number of cyclic esters (lactones) is 1. The Balaban J connectivity index is 1.89. The fourth-order valence-electron chi connectivity index (χ4n) is 2.98. The third-order valence-corrected chi connectivity index (χ3v) is 4.95. The summed E-state index contributed by atoms with van der Waals surface area (Å²) in [7, 11) is 0. The number of halogens is 1. The molecule has 30 heavy (non-hydrogen) atoms. The number of Topliss-reactive ketones (excluding diaryl/α,β-unsaturated/α-hetero) is 2. The SMILES string of the molecule is O=C1OC(c2ccc(Br)cc2)=C(C(=O)c2ccccc2)C(=O)C1=Nc1ccccc1. The van der Waals surface area contributed by atoms with Crippen molar-refractivity contribution in [1.29, 1.82) is 0 Å². The monoisotopic (exact) mass is 459 g/mol. The van der Waals surface area contributed by atoms with Gasteiger partial charge in [0.25, 0.3) is 0 Å². The number of rotatable bonds is 4. The van der Waals surface area contributed by atoms with E-state index in [9.17, 15) is 14.4 Å². The highest BCUT2D eigenvalue weighted by Crippen LogP contribution is 2.30. The molecule has 0 aromatic heterocycles. The van der Waals surface area contributed by atoms with E-state index in [0.717, 1.165) is 4.47 Å². The minimum Gasteiger partial charge on any atom is -0.420 e. The highest BCUT2D eigenvalue weighted by atomic mass is 79.9. The van der Waals surface area contributed by atoms with Gasteiger partial charge >= 0.3 is 5.97 Å². The fraction of sp³-hybridized carbons (Fsp3) is 0. The average Bonchev–Trinajstić information content (AvgIpc) is 2.78. The second-order valence-corrected chi connectivity index (χ2v) is 7.34. The van der Waals surface area contributed by atoms with E-state index < -0.39 is 23.2 Å². The summed E-state index contributed by atoms with van der Waals surface area (Å²) < 4.78 is 6.28. The molecule has 0 unspecified atom stereocenters. The van der Waals surface area contributed by atoms with Gasteiger partial charge in [0.15, 0.2) is 11.5 Å². The number of carbonyl (C=O) groups is 3. The van der Waals surface area contributed by atoms with Crippen LogP contribution in [0, 0.1) is 0 Å². The van der Waals surface area contributed by atoms with Crippen LogP contribution in [0.1, 0.15) is 15.9 Å². The van der Waals surface area contributed by atoms with Crippen LogP contribution in [0.15, 0.2) is 100.0 Å². The maximum absolute atomic E-state index is 13.3. The molecule has 3 aromatic carbocycles. The molecule has 1 aliphatic heterocycles. The first kappa shape index (κ1) is 19.7. The number of allylic oxidation sites excluding steroid dienone is 1.